The van der Waals surface area contributed by atoms with E-state index >= 15 is 0 Å². The number of fused-ring (bicyclic) bond motifs is 1. The number of nitrogens with two attached hydrogens (primary N) is 1. The van der Waals surface area contributed by atoms with Gasteiger partial charge in [0.05, 0.1) is 0 Å². The van der Waals surface area contributed by atoms with E-state index in [4.69, 9.17) is 5.73 Å². The Morgan fingerprint density at radius 2 is 1.89 bits per heavy atom. The third kappa shape index (κ3) is 2.05. The van der Waals surface area contributed by atoms with Crippen molar-refractivity contribution in [3.05, 3.63) is 36.0 Å². The van der Waals surface area contributed by atoms with E-state index in [2.05, 4.69) is 35.4 Å². The van der Waals surface area contributed by atoms with Gasteiger partial charge in [0.25, 0.3) is 0 Å². The van der Waals surface area contributed by atoms with Gasteiger partial charge in [-0.25, -0.2) is 0 Å². The molecule has 0 bridgehead atoms. The quantitative estimate of drug-likeness (QED) is 0.848. The molecule has 1 saturated carbocycles. The molecule has 3 rings (SSSR count). The van der Waals surface area contributed by atoms with Crippen LogP contribution in [-0.4, -0.2) is 11.5 Å². The minimum absolute atomic E-state index is 0.350. The molecule has 0 atom stereocenters. The van der Waals surface area contributed by atoms with Gasteiger partial charge in [0.1, 0.15) is 0 Å². The van der Waals surface area contributed by atoms with Gasteiger partial charge in [0, 0.05) is 17.1 Å². The van der Waals surface area contributed by atoms with Crippen molar-refractivity contribution in [3.8, 4) is 0 Å². The number of hydrogen-bond acceptors (Lipinski definition) is 1. The van der Waals surface area contributed by atoms with Crippen LogP contribution >= 0.6 is 0 Å². The minimum Gasteiger partial charge on any atom is -0.361 e. The van der Waals surface area contributed by atoms with E-state index in [1.165, 1.54) is 48.6 Å². The lowest BCUT2D eigenvalue weighted by atomic mass is 9.70. The van der Waals surface area contributed by atoms with Gasteiger partial charge in [-0.15, -0.1) is 0 Å². The summed E-state index contributed by atoms with van der Waals surface area (Å²) >= 11 is 0. The molecule has 1 fully saturated rings. The first-order chi connectivity index (χ1) is 8.83. The smallest absolute Gasteiger partial charge is 0.0456 e. The maximum absolute atomic E-state index is 6.09. The molecule has 0 radical (unpaired) electrons. The summed E-state index contributed by atoms with van der Waals surface area (Å²) in [7, 11) is 0. The van der Waals surface area contributed by atoms with E-state index in [-0.39, 0.29) is 0 Å². The summed E-state index contributed by atoms with van der Waals surface area (Å²) in [4.78, 5) is 3.38. The Kier molecular flexibility index (Phi) is 3.13. The van der Waals surface area contributed by atoms with E-state index in [0.717, 1.165) is 13.0 Å². The lowest BCUT2D eigenvalue weighted by molar-refractivity contribution is 0.198. The van der Waals surface area contributed by atoms with Crippen molar-refractivity contribution in [2.75, 3.05) is 6.54 Å². The zero-order chi connectivity index (χ0) is 12.4. The van der Waals surface area contributed by atoms with E-state index in [1.807, 2.05) is 0 Å². The Bertz CT molecular complexity index is 521. The summed E-state index contributed by atoms with van der Waals surface area (Å²) in [5.74, 6) is 0. The van der Waals surface area contributed by atoms with Gasteiger partial charge in [-0.05, 0) is 42.9 Å². The third-order valence-corrected chi connectivity index (χ3v) is 4.59. The zero-order valence-corrected chi connectivity index (χ0v) is 10.9. The second-order valence-corrected chi connectivity index (χ2v) is 5.80. The van der Waals surface area contributed by atoms with Gasteiger partial charge < -0.3 is 10.7 Å². The van der Waals surface area contributed by atoms with Crippen molar-refractivity contribution in [3.63, 3.8) is 0 Å². The van der Waals surface area contributed by atoms with Crippen LogP contribution in [0.25, 0.3) is 10.9 Å². The SMILES string of the molecule is NCC1(Cc2c[nH]c3ccccc23)CCCCC1. The molecule has 0 saturated heterocycles. The van der Waals surface area contributed by atoms with Crippen LogP contribution < -0.4 is 5.73 Å². The van der Waals surface area contributed by atoms with Crippen molar-refractivity contribution >= 4 is 10.9 Å². The molecular weight excluding hydrogens is 220 g/mol. The van der Waals surface area contributed by atoms with Crippen LogP contribution in [0.1, 0.15) is 37.7 Å². The number of hydrogen-bond donors (Lipinski definition) is 2. The van der Waals surface area contributed by atoms with Crippen LogP contribution in [0.3, 0.4) is 0 Å². The fraction of sp³-hybridized carbons (Fsp3) is 0.500. The largest absolute Gasteiger partial charge is 0.361 e. The normalized spacial score (nSPS) is 19.2. The highest BCUT2D eigenvalue weighted by atomic mass is 14.7. The summed E-state index contributed by atoms with van der Waals surface area (Å²) < 4.78 is 0. The standard InChI is InChI=1S/C16H22N2/c17-12-16(8-4-1-5-9-16)10-13-11-18-15-7-3-2-6-14(13)15/h2-3,6-7,11,18H,1,4-5,8-10,12,17H2. The maximum Gasteiger partial charge on any atom is 0.0456 e. The molecule has 0 amide bonds. The van der Waals surface area contributed by atoms with Gasteiger partial charge >= 0.3 is 0 Å². The molecule has 1 aliphatic carbocycles. The molecule has 1 aromatic heterocycles. The molecule has 1 heterocycles. The fourth-order valence-electron chi connectivity index (χ4n) is 3.44. The molecular formula is C16H22N2. The second kappa shape index (κ2) is 4.77. The topological polar surface area (TPSA) is 41.8 Å². The van der Waals surface area contributed by atoms with E-state index in [1.54, 1.807) is 0 Å². The maximum atomic E-state index is 6.09. The Balaban J connectivity index is 1.90. The first-order valence-electron chi connectivity index (χ1n) is 7.08. The van der Waals surface area contributed by atoms with Gasteiger partial charge in [0.15, 0.2) is 0 Å². The first-order valence-corrected chi connectivity index (χ1v) is 7.08. The molecule has 2 aromatic rings. The summed E-state index contributed by atoms with van der Waals surface area (Å²) in [5, 5.41) is 1.37. The van der Waals surface area contributed by atoms with Crippen LogP contribution in [0, 0.1) is 5.41 Å². The lowest BCUT2D eigenvalue weighted by Crippen LogP contribution is -2.34. The van der Waals surface area contributed by atoms with Crippen LogP contribution in [0.2, 0.25) is 0 Å². The molecule has 1 aromatic carbocycles. The van der Waals surface area contributed by atoms with Gasteiger partial charge in [-0.2, -0.15) is 0 Å². The number of aromatic amines is 1. The molecule has 2 nitrogen and oxygen atoms in total. The van der Waals surface area contributed by atoms with E-state index < -0.39 is 0 Å². The lowest BCUT2D eigenvalue weighted by Gasteiger charge is -2.36. The molecule has 2 heteroatoms. The average molecular weight is 242 g/mol. The summed E-state index contributed by atoms with van der Waals surface area (Å²) in [5.41, 5.74) is 9.13. The van der Waals surface area contributed by atoms with E-state index in [0.29, 0.717) is 5.41 Å². The third-order valence-electron chi connectivity index (χ3n) is 4.59. The summed E-state index contributed by atoms with van der Waals surface area (Å²) in [6.07, 6.45) is 9.98. The molecule has 1 aliphatic rings. The molecule has 18 heavy (non-hydrogen) atoms. The predicted molar refractivity (Wildman–Crippen MR) is 76.6 cm³/mol. The Morgan fingerprint density at radius 1 is 1.11 bits per heavy atom. The van der Waals surface area contributed by atoms with Crippen molar-refractivity contribution < 1.29 is 0 Å². The molecule has 96 valence electrons. The van der Waals surface area contributed by atoms with Gasteiger partial charge in [-0.1, -0.05) is 37.5 Å². The van der Waals surface area contributed by atoms with Gasteiger partial charge in [0.2, 0.25) is 0 Å². The molecule has 0 aliphatic heterocycles. The van der Waals surface area contributed by atoms with Crippen molar-refractivity contribution in [1.29, 1.82) is 0 Å². The number of rotatable bonds is 3. The van der Waals surface area contributed by atoms with Crippen LogP contribution in [-0.2, 0) is 6.42 Å². The highest BCUT2D eigenvalue weighted by molar-refractivity contribution is 5.83. The first kappa shape index (κ1) is 11.8. The summed E-state index contributed by atoms with van der Waals surface area (Å²) in [6, 6.07) is 8.57. The highest BCUT2D eigenvalue weighted by Gasteiger charge is 2.31. The van der Waals surface area contributed by atoms with Crippen molar-refractivity contribution in [1.82, 2.24) is 4.98 Å². The number of para-hydroxylation sites is 1. The highest BCUT2D eigenvalue weighted by Crippen LogP contribution is 2.39. The Labute approximate surface area is 109 Å². The van der Waals surface area contributed by atoms with Crippen LogP contribution in [0.5, 0.6) is 0 Å². The monoisotopic (exact) mass is 242 g/mol. The van der Waals surface area contributed by atoms with Crippen molar-refractivity contribution in [2.45, 2.75) is 38.5 Å². The number of H-pyrrole nitrogens is 1. The molecule has 0 unspecified atom stereocenters. The Hall–Kier alpha value is -1.28. The minimum atomic E-state index is 0.350. The van der Waals surface area contributed by atoms with Crippen LogP contribution in [0.4, 0.5) is 0 Å². The average Bonchev–Trinajstić information content (AvgIpc) is 2.83. The molecule has 3 N–H and O–H groups in total. The number of aromatic nitrogens is 1. The Morgan fingerprint density at radius 3 is 2.67 bits per heavy atom. The number of benzene rings is 1. The zero-order valence-electron chi connectivity index (χ0n) is 10.9. The molecule has 0 spiro atoms. The van der Waals surface area contributed by atoms with Crippen molar-refractivity contribution in [2.24, 2.45) is 11.1 Å². The summed E-state index contributed by atoms with van der Waals surface area (Å²) in [6.45, 7) is 0.826. The van der Waals surface area contributed by atoms with Gasteiger partial charge in [-0.3, -0.25) is 0 Å². The second-order valence-electron chi connectivity index (χ2n) is 5.80. The number of nitrogens with one attached hydrogen (secondary N) is 1. The predicted octanol–water partition coefficient (Wildman–Crippen LogP) is 3.62. The van der Waals surface area contributed by atoms with Crippen LogP contribution in [0.15, 0.2) is 30.5 Å². The van der Waals surface area contributed by atoms with E-state index in [9.17, 15) is 0 Å². The fourth-order valence-corrected chi connectivity index (χ4v) is 3.44.